The zero-order valence-corrected chi connectivity index (χ0v) is 4.80. The molecule has 0 aliphatic heterocycles. The van der Waals surface area contributed by atoms with E-state index in [0.717, 1.165) is 0 Å². The fourth-order valence-electron chi connectivity index (χ4n) is 0. The van der Waals surface area contributed by atoms with Crippen LogP contribution in [0.4, 0.5) is 30.7 Å². The maximum atomic E-state index is 10.4. The van der Waals surface area contributed by atoms with Gasteiger partial charge in [-0.3, -0.25) is 0 Å². The molecule has 0 aliphatic carbocycles. The molecule has 0 saturated carbocycles. The Labute approximate surface area is 56.4 Å². The lowest BCUT2D eigenvalue weighted by Crippen LogP contribution is -2.30. The average molecular weight is 188 g/mol. The van der Waals surface area contributed by atoms with Crippen molar-refractivity contribution >= 4 is 0 Å². The molecule has 11 heavy (non-hydrogen) atoms. The summed E-state index contributed by atoms with van der Waals surface area (Å²) >= 11 is 0. The minimum Gasteiger partial charge on any atom is -0.366 e. The summed E-state index contributed by atoms with van der Waals surface area (Å²) < 4.78 is 72.5. The Morgan fingerprint density at radius 3 is 0.909 bits per heavy atom. The van der Waals surface area contributed by atoms with Gasteiger partial charge in [0.1, 0.15) is 0 Å². The molecule has 1 nitrogen and oxygen atoms in total. The quantitative estimate of drug-likeness (QED) is 0.576. The van der Waals surface area contributed by atoms with Crippen LogP contribution in [0.2, 0.25) is 0 Å². The molecule has 0 aromatic heterocycles. The van der Waals surface area contributed by atoms with E-state index in [2.05, 4.69) is 0 Å². The van der Waals surface area contributed by atoms with Gasteiger partial charge in [0.15, 0.2) is 6.86 Å². The lowest BCUT2D eigenvalue weighted by molar-refractivity contribution is -0.339. The summed E-state index contributed by atoms with van der Waals surface area (Å²) in [6.07, 6.45) is -12.1. The zero-order chi connectivity index (χ0) is 9.71. The molecule has 8 heteroatoms. The van der Waals surface area contributed by atoms with Gasteiger partial charge in [-0.15, -0.1) is 0 Å². The van der Waals surface area contributed by atoms with Crippen LogP contribution in [-0.4, -0.2) is 24.3 Å². The van der Waals surface area contributed by atoms with Crippen molar-refractivity contribution in [2.45, 2.75) is 12.4 Å². The normalized spacial score (nSPS) is 12.0. The molecule has 0 amide bonds. The predicted octanol–water partition coefficient (Wildman–Crippen LogP) is 2.02. The van der Waals surface area contributed by atoms with E-state index in [1.165, 1.54) is 0 Å². The minimum absolute atomic E-state index is 1.25. The molecule has 0 bridgehead atoms. The maximum absolute atomic E-state index is 10.4. The molecule has 0 heterocycles. The van der Waals surface area contributed by atoms with Crippen LogP contribution >= 0.6 is 0 Å². The summed E-state index contributed by atoms with van der Waals surface area (Å²) in [6.45, 7) is -1.25. The van der Waals surface area contributed by atoms with Gasteiger partial charge in [0.2, 0.25) is 0 Å². The second kappa shape index (κ2) is 4.37. The largest absolute Gasteiger partial charge is 0.487 e. The maximum Gasteiger partial charge on any atom is 0.487 e. The number of aliphatic hydroxyl groups excluding tert-OH is 1. The van der Waals surface area contributed by atoms with E-state index in [9.17, 15) is 30.7 Å². The molecular weight excluding hydrogens is 185 g/mol. The molecule has 0 aromatic rings. The Kier molecular flexibility index (Phi) is 5.20. The SMILES string of the molecule is FC(F)(F)C(F)(F)F.OCF. The monoisotopic (exact) mass is 188 g/mol. The molecule has 70 valence electrons. The number of halogens is 7. The lowest BCUT2D eigenvalue weighted by atomic mass is 10.7. The van der Waals surface area contributed by atoms with E-state index in [4.69, 9.17) is 5.11 Å². The molecule has 0 fully saturated rings. The van der Waals surface area contributed by atoms with E-state index in [1.807, 2.05) is 0 Å². The van der Waals surface area contributed by atoms with Crippen LogP contribution in [0.1, 0.15) is 0 Å². The molecule has 0 saturated heterocycles. The van der Waals surface area contributed by atoms with Crippen LogP contribution in [0, 0.1) is 0 Å². The van der Waals surface area contributed by atoms with Crippen LogP contribution < -0.4 is 0 Å². The fraction of sp³-hybridized carbons (Fsp3) is 1.00. The molecule has 0 atom stereocenters. The summed E-state index contributed by atoms with van der Waals surface area (Å²) in [4.78, 5) is 0. The Morgan fingerprint density at radius 2 is 0.909 bits per heavy atom. The molecule has 1 N–H and O–H groups in total. The second-order valence-corrected chi connectivity index (χ2v) is 1.12. The van der Waals surface area contributed by atoms with Gasteiger partial charge in [0.05, 0.1) is 0 Å². The van der Waals surface area contributed by atoms with E-state index in [-0.39, 0.29) is 0 Å². The first-order valence-electron chi connectivity index (χ1n) is 1.97. The van der Waals surface area contributed by atoms with Gasteiger partial charge < -0.3 is 5.11 Å². The third-order valence-electron chi connectivity index (χ3n) is 0.321. The number of alkyl halides is 7. The van der Waals surface area contributed by atoms with Crippen molar-refractivity contribution in [3.05, 3.63) is 0 Å². The van der Waals surface area contributed by atoms with E-state index < -0.39 is 19.2 Å². The van der Waals surface area contributed by atoms with Crippen molar-refractivity contribution in [2.24, 2.45) is 0 Å². The first-order valence-corrected chi connectivity index (χ1v) is 1.97. The summed E-state index contributed by atoms with van der Waals surface area (Å²) in [6, 6.07) is 0. The van der Waals surface area contributed by atoms with Gasteiger partial charge in [-0.05, 0) is 0 Å². The van der Waals surface area contributed by atoms with Crippen LogP contribution in [0.25, 0.3) is 0 Å². The topological polar surface area (TPSA) is 20.2 Å². The first kappa shape index (κ1) is 13.1. The molecule has 0 aromatic carbocycles. The van der Waals surface area contributed by atoms with Gasteiger partial charge in [0, 0.05) is 0 Å². The van der Waals surface area contributed by atoms with Crippen molar-refractivity contribution in [1.82, 2.24) is 0 Å². The number of hydrogen-bond acceptors (Lipinski definition) is 1. The summed E-state index contributed by atoms with van der Waals surface area (Å²) in [5.74, 6) is 0. The highest BCUT2D eigenvalue weighted by atomic mass is 19.5. The Morgan fingerprint density at radius 1 is 0.818 bits per heavy atom. The number of aliphatic hydroxyl groups is 1. The molecular formula is C3H3F7O. The average Bonchev–Trinajstić information content (AvgIpc) is 1.60. The summed E-state index contributed by atoms with van der Waals surface area (Å²) in [5, 5.41) is 6.90. The van der Waals surface area contributed by atoms with Crippen molar-refractivity contribution < 1.29 is 35.8 Å². The minimum atomic E-state index is -6.06. The lowest BCUT2D eigenvalue weighted by Gasteiger charge is -2.08. The van der Waals surface area contributed by atoms with E-state index in [1.54, 1.807) is 0 Å². The predicted molar refractivity (Wildman–Crippen MR) is 20.3 cm³/mol. The first-order chi connectivity index (χ1) is 4.66. The van der Waals surface area contributed by atoms with E-state index in [0.29, 0.717) is 0 Å². The van der Waals surface area contributed by atoms with Gasteiger partial charge in [-0.2, -0.15) is 26.3 Å². The van der Waals surface area contributed by atoms with Crippen LogP contribution in [0.15, 0.2) is 0 Å². The van der Waals surface area contributed by atoms with Crippen LogP contribution in [0.3, 0.4) is 0 Å². The molecule has 0 unspecified atom stereocenters. The molecule has 0 radical (unpaired) electrons. The van der Waals surface area contributed by atoms with Gasteiger partial charge >= 0.3 is 12.4 Å². The second-order valence-electron chi connectivity index (χ2n) is 1.12. The standard InChI is InChI=1S/C2F6.CH3FO/c3-1(4,5)2(6,7)8;2-1-3/h;3H,1H2. The van der Waals surface area contributed by atoms with Crippen LogP contribution in [-0.2, 0) is 0 Å². The van der Waals surface area contributed by atoms with Crippen molar-refractivity contribution in [1.29, 1.82) is 0 Å². The summed E-state index contributed by atoms with van der Waals surface area (Å²) in [7, 11) is 0. The fourth-order valence-corrected chi connectivity index (χ4v) is 0. The molecule has 0 aliphatic rings. The highest BCUT2D eigenvalue weighted by Gasteiger charge is 2.58. The third-order valence-corrected chi connectivity index (χ3v) is 0.321. The third kappa shape index (κ3) is 7.37. The molecule has 0 rings (SSSR count). The van der Waals surface area contributed by atoms with Gasteiger partial charge in [0.25, 0.3) is 0 Å². The molecule has 0 spiro atoms. The Bertz CT molecular complexity index is 78.8. The highest BCUT2D eigenvalue weighted by Crippen LogP contribution is 2.35. The van der Waals surface area contributed by atoms with Crippen molar-refractivity contribution in [2.75, 3.05) is 6.86 Å². The van der Waals surface area contributed by atoms with Crippen molar-refractivity contribution in [3.63, 3.8) is 0 Å². The van der Waals surface area contributed by atoms with Crippen molar-refractivity contribution in [3.8, 4) is 0 Å². The number of rotatable bonds is 0. The van der Waals surface area contributed by atoms with Crippen LogP contribution in [0.5, 0.6) is 0 Å². The Hall–Kier alpha value is -0.530. The smallest absolute Gasteiger partial charge is 0.366 e. The van der Waals surface area contributed by atoms with E-state index >= 15 is 0 Å². The highest BCUT2D eigenvalue weighted by molar-refractivity contribution is 4.59. The summed E-state index contributed by atoms with van der Waals surface area (Å²) in [5.41, 5.74) is 0. The van der Waals surface area contributed by atoms with Gasteiger partial charge in [-0.1, -0.05) is 0 Å². The zero-order valence-electron chi connectivity index (χ0n) is 4.80. The number of hydrogen-bond donors (Lipinski definition) is 1. The van der Waals surface area contributed by atoms with Gasteiger partial charge in [-0.25, -0.2) is 4.39 Å². The Balaban J connectivity index is 0.